The van der Waals surface area contributed by atoms with Gasteiger partial charge in [0.2, 0.25) is 5.91 Å². The highest BCUT2D eigenvalue weighted by molar-refractivity contribution is 7.09. The number of hydrogen-bond acceptors (Lipinski definition) is 9. The number of azide groups is 1. The van der Waals surface area contributed by atoms with Gasteiger partial charge in [0, 0.05) is 29.2 Å². The number of amides is 1. The number of carbonyl (C=O) groups is 3. The maximum absolute atomic E-state index is 13.6. The van der Waals surface area contributed by atoms with Gasteiger partial charge in [-0.1, -0.05) is 53.1 Å². The van der Waals surface area contributed by atoms with Gasteiger partial charge in [0.05, 0.1) is 7.11 Å². The number of aliphatic hydroxyl groups is 1. The Morgan fingerprint density at radius 3 is 2.43 bits per heavy atom. The third kappa shape index (κ3) is 9.12. The molecule has 1 unspecified atom stereocenters. The average Bonchev–Trinajstić information content (AvgIpc) is 3.30. The van der Waals surface area contributed by atoms with Gasteiger partial charge in [0.1, 0.15) is 17.2 Å². The van der Waals surface area contributed by atoms with Gasteiger partial charge in [0.25, 0.3) is 0 Å². The molecule has 1 aromatic heterocycles. The predicted octanol–water partition coefficient (Wildman–Crippen LogP) is 4.48. The topological polar surface area (TPSA) is 155 Å². The first-order valence-electron chi connectivity index (χ1n) is 11.7. The quantitative estimate of drug-likeness (QED) is 0.127. The van der Waals surface area contributed by atoms with Gasteiger partial charge in [-0.05, 0) is 23.3 Å². The van der Waals surface area contributed by atoms with Crippen LogP contribution in [0.4, 0.5) is 0 Å². The lowest BCUT2D eigenvalue weighted by atomic mass is 9.93. The van der Waals surface area contributed by atoms with Crippen LogP contribution in [0.5, 0.6) is 0 Å². The van der Waals surface area contributed by atoms with Gasteiger partial charge in [-0.25, -0.2) is 9.78 Å². The van der Waals surface area contributed by atoms with Crippen LogP contribution in [0, 0.1) is 17.8 Å². The fourth-order valence-electron chi connectivity index (χ4n) is 3.44. The molecule has 12 heteroatoms. The van der Waals surface area contributed by atoms with Crippen LogP contribution in [0.25, 0.3) is 10.4 Å². The third-order valence-corrected chi connectivity index (χ3v) is 6.62. The molecule has 1 rings (SSSR count). The number of rotatable bonds is 14. The fourth-order valence-corrected chi connectivity index (χ4v) is 4.23. The van der Waals surface area contributed by atoms with Gasteiger partial charge in [-0.2, -0.15) is 0 Å². The average molecular weight is 512 g/mol. The van der Waals surface area contributed by atoms with Crippen LogP contribution in [0.3, 0.4) is 0 Å². The van der Waals surface area contributed by atoms with Crippen LogP contribution in [0.2, 0.25) is 0 Å². The van der Waals surface area contributed by atoms with E-state index in [9.17, 15) is 19.5 Å². The molecule has 4 atom stereocenters. The van der Waals surface area contributed by atoms with Gasteiger partial charge in [-0.3, -0.25) is 9.59 Å². The van der Waals surface area contributed by atoms with Crippen molar-refractivity contribution in [2.45, 2.75) is 79.0 Å². The number of hydrogen-bond donors (Lipinski definition) is 1. The molecule has 0 aromatic carbocycles. The molecule has 1 N–H and O–H groups in total. The summed E-state index contributed by atoms with van der Waals surface area (Å²) in [6.07, 6.45) is -0.227. The molecule has 1 aromatic rings. The number of methoxy groups -OCH3 is 1. The summed E-state index contributed by atoms with van der Waals surface area (Å²) in [7, 11) is 1.24. The van der Waals surface area contributed by atoms with E-state index in [4.69, 9.17) is 10.3 Å². The Morgan fingerprint density at radius 1 is 1.26 bits per heavy atom. The summed E-state index contributed by atoms with van der Waals surface area (Å²) < 4.78 is 10.1. The second-order valence-corrected chi connectivity index (χ2v) is 10.1. The minimum atomic E-state index is -1.09. The number of ether oxygens (including phenoxy) is 2. The zero-order valence-electron chi connectivity index (χ0n) is 21.5. The van der Waals surface area contributed by atoms with E-state index >= 15 is 0 Å². The van der Waals surface area contributed by atoms with Crippen LogP contribution in [0.15, 0.2) is 10.5 Å². The largest absolute Gasteiger partial charge is 0.464 e. The molecule has 0 radical (unpaired) electrons. The molecule has 1 amide bonds. The normalized spacial score (nSPS) is 14.6. The lowest BCUT2D eigenvalue weighted by molar-refractivity contribution is -0.158. The highest BCUT2D eigenvalue weighted by Crippen LogP contribution is 2.29. The van der Waals surface area contributed by atoms with Crippen LogP contribution < -0.4 is 0 Å². The second kappa shape index (κ2) is 14.7. The van der Waals surface area contributed by atoms with Crippen molar-refractivity contribution in [3.8, 4) is 0 Å². The first-order chi connectivity index (χ1) is 16.5. The molecule has 196 valence electrons. The Bertz CT molecular complexity index is 899. The van der Waals surface area contributed by atoms with E-state index in [1.807, 2.05) is 41.5 Å². The van der Waals surface area contributed by atoms with Crippen molar-refractivity contribution in [1.82, 2.24) is 9.88 Å². The van der Waals surface area contributed by atoms with Crippen LogP contribution >= 0.6 is 11.3 Å². The third-order valence-electron chi connectivity index (χ3n) is 5.67. The number of aliphatic hydroxyl groups excluding tert-OH is 1. The van der Waals surface area contributed by atoms with E-state index in [-0.39, 0.29) is 43.0 Å². The van der Waals surface area contributed by atoms with Crippen LogP contribution in [-0.4, -0.2) is 58.8 Å². The molecular formula is C23H37N5O6S. The summed E-state index contributed by atoms with van der Waals surface area (Å²) in [4.78, 5) is 45.9. The SMILES string of the molecule is CC[C@H](C)C(N=[N+]=[N-])C(=O)N(COC(=O)CC(C)C)[C@H](C[C@@H](O)c1nc(C(=O)OC)cs1)C(C)C. The van der Waals surface area contributed by atoms with E-state index in [0.29, 0.717) is 11.4 Å². The molecule has 0 aliphatic heterocycles. The fraction of sp³-hybridized carbons (Fsp3) is 0.739. The number of aromatic nitrogens is 1. The smallest absolute Gasteiger partial charge is 0.357 e. The summed E-state index contributed by atoms with van der Waals surface area (Å²) in [5.74, 6) is -1.85. The summed E-state index contributed by atoms with van der Waals surface area (Å²) in [6.45, 7) is 10.9. The van der Waals surface area contributed by atoms with Crippen molar-refractivity contribution < 1.29 is 29.0 Å². The van der Waals surface area contributed by atoms with Crippen molar-refractivity contribution in [3.05, 3.63) is 26.5 Å². The van der Waals surface area contributed by atoms with Crippen molar-refractivity contribution in [2.75, 3.05) is 13.8 Å². The number of carbonyl (C=O) groups excluding carboxylic acids is 3. The number of nitrogens with zero attached hydrogens (tertiary/aromatic N) is 5. The Labute approximate surface area is 210 Å². The van der Waals surface area contributed by atoms with Crippen molar-refractivity contribution >= 4 is 29.2 Å². The van der Waals surface area contributed by atoms with Crippen LogP contribution in [-0.2, 0) is 19.1 Å². The summed E-state index contributed by atoms with van der Waals surface area (Å²) in [6, 6.07) is -1.56. The maximum Gasteiger partial charge on any atom is 0.357 e. The van der Waals surface area contributed by atoms with Crippen molar-refractivity contribution in [1.29, 1.82) is 0 Å². The van der Waals surface area contributed by atoms with Gasteiger partial charge >= 0.3 is 11.9 Å². The van der Waals surface area contributed by atoms with Crippen LogP contribution in [0.1, 0.15) is 82.4 Å². The highest BCUT2D eigenvalue weighted by atomic mass is 32.1. The molecule has 1 heterocycles. The molecule has 0 fully saturated rings. The van der Waals surface area contributed by atoms with E-state index in [1.165, 1.54) is 17.4 Å². The Hall–Kier alpha value is -2.69. The van der Waals surface area contributed by atoms with Crippen molar-refractivity contribution in [2.24, 2.45) is 22.9 Å². The second-order valence-electron chi connectivity index (χ2n) is 9.21. The Kier molecular flexibility index (Phi) is 12.7. The first-order valence-corrected chi connectivity index (χ1v) is 12.6. The van der Waals surface area contributed by atoms with E-state index in [1.54, 1.807) is 0 Å². The van der Waals surface area contributed by atoms with E-state index in [2.05, 4.69) is 19.7 Å². The summed E-state index contributed by atoms with van der Waals surface area (Å²) in [5, 5.41) is 16.4. The molecule has 0 saturated heterocycles. The minimum Gasteiger partial charge on any atom is -0.464 e. The highest BCUT2D eigenvalue weighted by Gasteiger charge is 2.36. The molecule has 35 heavy (non-hydrogen) atoms. The first kappa shape index (κ1) is 30.3. The molecule has 0 saturated carbocycles. The zero-order valence-corrected chi connectivity index (χ0v) is 22.3. The molecule has 0 spiro atoms. The standard InChI is InChI=1S/C23H37N5O6S/c1-8-15(6)20(26-27-24)22(31)28(12-34-19(30)9-13(2)3)17(14(4)5)10-18(29)21-25-16(11-35-21)23(32)33-7/h11,13-15,17-18,20,29H,8-10,12H2,1-7H3/t15-,17+,18+,20?/m0/s1. The Balaban J connectivity index is 3.28. The van der Waals surface area contributed by atoms with Crippen molar-refractivity contribution in [3.63, 3.8) is 0 Å². The molecule has 0 bridgehead atoms. The number of esters is 2. The molecule has 0 aliphatic carbocycles. The lowest BCUT2D eigenvalue weighted by Crippen LogP contribution is -2.50. The zero-order chi connectivity index (χ0) is 26.7. The summed E-state index contributed by atoms with van der Waals surface area (Å²) in [5.41, 5.74) is 9.14. The van der Waals surface area contributed by atoms with Gasteiger partial charge in [0.15, 0.2) is 12.4 Å². The molecule has 0 aliphatic rings. The minimum absolute atomic E-state index is 0.0722. The van der Waals surface area contributed by atoms with Gasteiger partial charge < -0.3 is 19.5 Å². The molecular weight excluding hydrogens is 474 g/mol. The lowest BCUT2D eigenvalue weighted by Gasteiger charge is -2.37. The number of thiazole rings is 1. The van der Waals surface area contributed by atoms with E-state index < -0.39 is 36.0 Å². The summed E-state index contributed by atoms with van der Waals surface area (Å²) >= 11 is 1.11. The molecule has 11 nitrogen and oxygen atoms in total. The predicted molar refractivity (Wildman–Crippen MR) is 131 cm³/mol. The monoisotopic (exact) mass is 511 g/mol. The Morgan fingerprint density at radius 2 is 1.91 bits per heavy atom. The van der Waals surface area contributed by atoms with Gasteiger partial charge in [-0.15, -0.1) is 11.3 Å². The maximum atomic E-state index is 13.6. The van der Waals surface area contributed by atoms with E-state index in [0.717, 1.165) is 11.3 Å².